The highest BCUT2D eigenvalue weighted by Crippen LogP contribution is 2.35. The zero-order valence-corrected chi connectivity index (χ0v) is 16.5. The lowest BCUT2D eigenvalue weighted by Gasteiger charge is -2.43. The van der Waals surface area contributed by atoms with Crippen LogP contribution in [-0.2, 0) is 17.9 Å². The predicted octanol–water partition coefficient (Wildman–Crippen LogP) is 2.14. The first-order chi connectivity index (χ1) is 12.7. The van der Waals surface area contributed by atoms with Crippen molar-refractivity contribution in [1.29, 1.82) is 0 Å². The van der Waals surface area contributed by atoms with Gasteiger partial charge in [0.15, 0.2) is 0 Å². The van der Waals surface area contributed by atoms with Crippen LogP contribution in [0.25, 0.3) is 0 Å². The first-order valence-electron chi connectivity index (χ1n) is 9.87. The maximum absolute atomic E-state index is 13.1. The second-order valence-electron chi connectivity index (χ2n) is 8.07. The van der Waals surface area contributed by atoms with Crippen molar-refractivity contribution in [2.75, 3.05) is 38.2 Å². The third kappa shape index (κ3) is 3.58. The van der Waals surface area contributed by atoms with Crippen molar-refractivity contribution in [1.82, 2.24) is 14.4 Å². The second-order valence-corrected chi connectivity index (χ2v) is 8.93. The summed E-state index contributed by atoms with van der Waals surface area (Å²) in [5, 5.41) is 0. The number of thioether (sulfide) groups is 1. The van der Waals surface area contributed by atoms with Gasteiger partial charge >= 0.3 is 0 Å². The number of nitrogens with zero attached hydrogens (tertiary/aromatic N) is 3. The molecule has 4 heterocycles. The largest absolute Gasteiger partial charge is 0.341 e. The Bertz CT molecular complexity index is 726. The first-order valence-corrected chi connectivity index (χ1v) is 11.3. The van der Waals surface area contributed by atoms with Crippen LogP contribution in [0, 0.1) is 5.92 Å². The summed E-state index contributed by atoms with van der Waals surface area (Å²) in [5.74, 6) is 1.52. The summed E-state index contributed by atoms with van der Waals surface area (Å²) in [5.41, 5.74) is 2.27. The Labute approximate surface area is 159 Å². The molecule has 0 aliphatic carbocycles. The average Bonchev–Trinajstić information content (AvgIpc) is 2.65. The third-order valence-corrected chi connectivity index (χ3v) is 6.68. The van der Waals surface area contributed by atoms with Gasteiger partial charge in [0, 0.05) is 43.4 Å². The number of hydrogen-bond donors (Lipinski definition) is 0. The van der Waals surface area contributed by atoms with Crippen molar-refractivity contribution in [3.63, 3.8) is 0 Å². The van der Waals surface area contributed by atoms with Crippen molar-refractivity contribution in [3.8, 4) is 0 Å². The number of pyridine rings is 1. The molecule has 0 spiro atoms. The summed E-state index contributed by atoms with van der Waals surface area (Å²) >= 11 is 1.59. The summed E-state index contributed by atoms with van der Waals surface area (Å²) in [4.78, 5) is 29.8. The van der Waals surface area contributed by atoms with E-state index in [4.69, 9.17) is 0 Å². The number of hydrogen-bond acceptors (Lipinski definition) is 4. The van der Waals surface area contributed by atoms with Gasteiger partial charge in [-0.2, -0.15) is 11.8 Å². The lowest BCUT2D eigenvalue weighted by molar-refractivity contribution is -0.131. The molecule has 26 heavy (non-hydrogen) atoms. The van der Waals surface area contributed by atoms with Crippen LogP contribution in [0.3, 0.4) is 0 Å². The molecule has 2 atom stereocenters. The maximum atomic E-state index is 13.1. The van der Waals surface area contributed by atoms with Crippen LogP contribution in [0.15, 0.2) is 16.9 Å². The Morgan fingerprint density at radius 1 is 1.15 bits per heavy atom. The third-order valence-electron chi connectivity index (χ3n) is 6.15. The molecular formula is C20H29N3O2S. The summed E-state index contributed by atoms with van der Waals surface area (Å²) in [6.07, 6.45) is 6.89. The smallest absolute Gasteiger partial charge is 0.255 e. The zero-order valence-electron chi connectivity index (χ0n) is 15.7. The fourth-order valence-corrected chi connectivity index (χ4v) is 5.32. The Morgan fingerprint density at radius 2 is 1.96 bits per heavy atom. The SMILES string of the molecule is CSCC(=O)N1C[C@@H]2C[C@H](C1)c1ccc(CN3CCCCC3)c(=O)n1C2. The van der Waals surface area contributed by atoms with Gasteiger partial charge in [0.05, 0.1) is 5.75 Å². The van der Waals surface area contributed by atoms with Gasteiger partial charge in [-0.1, -0.05) is 12.5 Å². The molecule has 3 aliphatic rings. The number of piperidine rings is 2. The van der Waals surface area contributed by atoms with Crippen LogP contribution in [0.4, 0.5) is 0 Å². The number of amides is 1. The Balaban J connectivity index is 1.54. The molecular weight excluding hydrogens is 346 g/mol. The van der Waals surface area contributed by atoms with E-state index in [0.29, 0.717) is 17.6 Å². The van der Waals surface area contributed by atoms with Crippen LogP contribution in [0.1, 0.15) is 42.9 Å². The van der Waals surface area contributed by atoms with Crippen LogP contribution >= 0.6 is 11.8 Å². The average molecular weight is 376 g/mol. The lowest BCUT2D eigenvalue weighted by Crippen LogP contribution is -2.50. The molecule has 2 bridgehead atoms. The summed E-state index contributed by atoms with van der Waals surface area (Å²) in [7, 11) is 0. The normalized spacial score (nSPS) is 25.8. The van der Waals surface area contributed by atoms with Gasteiger partial charge < -0.3 is 9.47 Å². The van der Waals surface area contributed by atoms with Gasteiger partial charge in [-0.25, -0.2) is 0 Å². The standard InChI is InChI=1S/C20H29N3O2S/c1-26-14-19(24)22-10-15-9-17(13-22)18-6-5-16(20(25)23(18)11-15)12-21-7-3-2-4-8-21/h5-6,15,17H,2-4,7-14H2,1H3/t15-,17+/m0/s1. The molecule has 4 rings (SSSR count). The van der Waals surface area contributed by atoms with E-state index in [0.717, 1.165) is 56.9 Å². The lowest BCUT2D eigenvalue weighted by atomic mass is 9.83. The summed E-state index contributed by atoms with van der Waals surface area (Å²) in [6, 6.07) is 4.20. The quantitative estimate of drug-likeness (QED) is 0.809. The molecule has 1 aromatic rings. The molecule has 0 unspecified atom stereocenters. The Hall–Kier alpha value is -1.27. The zero-order chi connectivity index (χ0) is 18.1. The van der Waals surface area contributed by atoms with Crippen molar-refractivity contribution < 1.29 is 4.79 Å². The van der Waals surface area contributed by atoms with Crippen molar-refractivity contribution >= 4 is 17.7 Å². The van der Waals surface area contributed by atoms with Gasteiger partial charge in [0.1, 0.15) is 0 Å². The number of carbonyl (C=O) groups is 1. The number of fused-ring (bicyclic) bond motifs is 4. The topological polar surface area (TPSA) is 45.6 Å². The molecule has 0 radical (unpaired) electrons. The minimum atomic E-state index is 0.201. The highest BCUT2D eigenvalue weighted by atomic mass is 32.2. The number of likely N-dealkylation sites (tertiary alicyclic amines) is 2. The number of carbonyl (C=O) groups excluding carboxylic acids is 1. The van der Waals surface area contributed by atoms with Crippen molar-refractivity contribution in [3.05, 3.63) is 33.7 Å². The second kappa shape index (κ2) is 7.77. The molecule has 0 N–H and O–H groups in total. The van der Waals surface area contributed by atoms with E-state index in [1.165, 1.54) is 19.3 Å². The summed E-state index contributed by atoms with van der Waals surface area (Å²) in [6.45, 7) is 5.34. The molecule has 2 fully saturated rings. The van der Waals surface area contributed by atoms with Crippen LogP contribution < -0.4 is 5.56 Å². The fourth-order valence-electron chi connectivity index (χ4n) is 4.89. The first kappa shape index (κ1) is 18.1. The van der Waals surface area contributed by atoms with E-state index in [9.17, 15) is 9.59 Å². The molecule has 142 valence electrons. The maximum Gasteiger partial charge on any atom is 0.255 e. The Kier molecular flexibility index (Phi) is 5.41. The van der Waals surface area contributed by atoms with Gasteiger partial charge in [-0.15, -0.1) is 0 Å². The number of aromatic nitrogens is 1. The monoisotopic (exact) mass is 375 g/mol. The molecule has 5 nitrogen and oxygen atoms in total. The predicted molar refractivity (Wildman–Crippen MR) is 106 cm³/mol. The molecule has 1 aromatic heterocycles. The molecule has 6 heteroatoms. The van der Waals surface area contributed by atoms with Crippen LogP contribution in [-0.4, -0.2) is 58.5 Å². The van der Waals surface area contributed by atoms with E-state index in [1.807, 2.05) is 21.8 Å². The van der Waals surface area contributed by atoms with E-state index < -0.39 is 0 Å². The van der Waals surface area contributed by atoms with Gasteiger partial charge in [-0.3, -0.25) is 14.5 Å². The van der Waals surface area contributed by atoms with Crippen LogP contribution in [0.5, 0.6) is 0 Å². The highest BCUT2D eigenvalue weighted by molar-refractivity contribution is 7.99. The Morgan fingerprint density at radius 3 is 2.73 bits per heavy atom. The molecule has 2 saturated heterocycles. The highest BCUT2D eigenvalue weighted by Gasteiger charge is 2.36. The molecule has 0 saturated carbocycles. The summed E-state index contributed by atoms with van der Waals surface area (Å²) < 4.78 is 2.02. The molecule has 0 aromatic carbocycles. The minimum Gasteiger partial charge on any atom is -0.341 e. The minimum absolute atomic E-state index is 0.201. The van der Waals surface area contributed by atoms with Crippen molar-refractivity contribution in [2.24, 2.45) is 5.92 Å². The fraction of sp³-hybridized carbons (Fsp3) is 0.700. The van der Waals surface area contributed by atoms with E-state index >= 15 is 0 Å². The van der Waals surface area contributed by atoms with Gasteiger partial charge in [0.2, 0.25) is 5.91 Å². The van der Waals surface area contributed by atoms with E-state index in [1.54, 1.807) is 11.8 Å². The van der Waals surface area contributed by atoms with Gasteiger partial charge in [0.25, 0.3) is 5.56 Å². The molecule has 1 amide bonds. The van der Waals surface area contributed by atoms with Crippen molar-refractivity contribution in [2.45, 2.75) is 44.7 Å². The van der Waals surface area contributed by atoms with E-state index in [2.05, 4.69) is 11.0 Å². The van der Waals surface area contributed by atoms with E-state index in [-0.39, 0.29) is 11.5 Å². The van der Waals surface area contributed by atoms with Crippen LogP contribution in [0.2, 0.25) is 0 Å². The molecule has 3 aliphatic heterocycles. The van der Waals surface area contributed by atoms with Gasteiger partial charge in [-0.05, 0) is 50.6 Å². The number of rotatable bonds is 4.